The Bertz CT molecular complexity index is 845. The van der Waals surface area contributed by atoms with Crippen molar-refractivity contribution in [1.82, 2.24) is 9.47 Å². The molecule has 1 aromatic carbocycles. The molecule has 27 heavy (non-hydrogen) atoms. The van der Waals surface area contributed by atoms with Crippen molar-refractivity contribution in [3.63, 3.8) is 0 Å². The van der Waals surface area contributed by atoms with Gasteiger partial charge in [0.15, 0.2) is 0 Å². The molecule has 1 aliphatic heterocycles. The smallest absolute Gasteiger partial charge is 1.00 e. The molecule has 1 aromatic heterocycles. The fourth-order valence-corrected chi connectivity index (χ4v) is 3.56. The number of aryl methyl sites for hydroxylation is 1. The Morgan fingerprint density at radius 1 is 1.19 bits per heavy atom. The summed E-state index contributed by atoms with van der Waals surface area (Å²) in [6.07, 6.45) is 1.24. The fourth-order valence-electron chi connectivity index (χ4n) is 3.56. The molecule has 0 unspecified atom stereocenters. The van der Waals surface area contributed by atoms with Crippen LogP contribution >= 0.6 is 0 Å². The molecule has 1 amide bonds. The average molecular weight is 382 g/mol. The van der Waals surface area contributed by atoms with Crippen molar-refractivity contribution in [2.24, 2.45) is 0 Å². The van der Waals surface area contributed by atoms with Crippen LogP contribution in [0.4, 0.5) is 4.79 Å². The van der Waals surface area contributed by atoms with Crippen molar-refractivity contribution >= 4 is 23.0 Å². The first-order valence-electron chi connectivity index (χ1n) is 9.05. The number of carbonyl (C=O) groups excluding carboxylic acids is 1. The van der Waals surface area contributed by atoms with Gasteiger partial charge in [0.05, 0.1) is 6.42 Å². The number of para-hydroxylation sites is 1. The maximum absolute atomic E-state index is 12.4. The molecule has 0 spiro atoms. The number of hydrogen-bond donors (Lipinski definition) is 1. The van der Waals surface area contributed by atoms with Crippen LogP contribution in [-0.2, 0) is 28.9 Å². The Morgan fingerprint density at radius 2 is 1.85 bits per heavy atom. The molecule has 142 valence electrons. The van der Waals surface area contributed by atoms with E-state index in [1.54, 1.807) is 4.90 Å². The Balaban J connectivity index is 0.00000196. The van der Waals surface area contributed by atoms with Gasteiger partial charge in [0.25, 0.3) is 0 Å². The van der Waals surface area contributed by atoms with Crippen LogP contribution in [-0.4, -0.2) is 45.3 Å². The molecular weight excluding hydrogens is 355 g/mol. The molecule has 0 fully saturated rings. The Kier molecular flexibility index (Phi) is 7.00. The monoisotopic (exact) mass is 382 g/mol. The summed E-state index contributed by atoms with van der Waals surface area (Å²) in [7, 11) is 0. The molecule has 0 saturated heterocycles. The number of nitrogens with zero attached hydrogens (tertiary/aromatic N) is 2. The van der Waals surface area contributed by atoms with Crippen LogP contribution < -0.4 is 29.6 Å². The van der Waals surface area contributed by atoms with Crippen LogP contribution in [0.25, 0.3) is 10.9 Å². The second-order valence-corrected chi connectivity index (χ2v) is 7.71. The second-order valence-electron chi connectivity index (χ2n) is 7.71. The van der Waals surface area contributed by atoms with Crippen molar-refractivity contribution in [2.45, 2.75) is 52.2 Å². The van der Waals surface area contributed by atoms with Gasteiger partial charge in [-0.2, -0.15) is 0 Å². The van der Waals surface area contributed by atoms with E-state index in [0.29, 0.717) is 26.1 Å². The van der Waals surface area contributed by atoms with Crippen LogP contribution in [0.5, 0.6) is 0 Å². The summed E-state index contributed by atoms with van der Waals surface area (Å²) in [5.41, 5.74) is 2.92. The minimum Gasteiger partial charge on any atom is -1.00 e. The zero-order valence-electron chi connectivity index (χ0n) is 17.6. The van der Waals surface area contributed by atoms with E-state index in [4.69, 9.17) is 9.84 Å². The SMILES string of the molecule is CC(C)(C)OC(=O)N1CCc2c(n(CCC(=O)O)c3ccccc23)CC1.[H-].[Na+]. The number of rotatable bonds is 3. The second kappa shape index (κ2) is 8.67. The molecule has 7 heteroatoms. The first-order chi connectivity index (χ1) is 12.3. The Morgan fingerprint density at radius 3 is 2.52 bits per heavy atom. The molecule has 2 aromatic rings. The molecule has 0 atom stereocenters. The molecule has 0 aliphatic carbocycles. The zero-order chi connectivity index (χ0) is 18.9. The third kappa shape index (κ3) is 5.06. The molecular formula is C20H27N2NaO4. The van der Waals surface area contributed by atoms with E-state index in [1.165, 1.54) is 5.56 Å². The van der Waals surface area contributed by atoms with Gasteiger partial charge in [-0.25, -0.2) is 4.79 Å². The van der Waals surface area contributed by atoms with Gasteiger partial charge in [-0.3, -0.25) is 4.79 Å². The minimum atomic E-state index is -0.805. The molecule has 1 aliphatic rings. The number of fused-ring (bicyclic) bond motifs is 3. The number of ether oxygens (including phenoxy) is 1. The van der Waals surface area contributed by atoms with Crippen LogP contribution in [0.15, 0.2) is 24.3 Å². The minimum absolute atomic E-state index is 0. The van der Waals surface area contributed by atoms with Crippen molar-refractivity contribution < 1.29 is 50.4 Å². The van der Waals surface area contributed by atoms with Crippen molar-refractivity contribution in [3.8, 4) is 0 Å². The summed E-state index contributed by atoms with van der Waals surface area (Å²) in [4.78, 5) is 25.2. The number of carboxylic acid groups (broad SMARTS) is 1. The molecule has 2 heterocycles. The van der Waals surface area contributed by atoms with Crippen molar-refractivity contribution in [2.75, 3.05) is 13.1 Å². The summed E-state index contributed by atoms with van der Waals surface area (Å²) in [5.74, 6) is -0.805. The van der Waals surface area contributed by atoms with Crippen molar-refractivity contribution in [3.05, 3.63) is 35.5 Å². The third-order valence-corrected chi connectivity index (χ3v) is 4.65. The quantitative estimate of drug-likeness (QED) is 0.788. The Hall–Kier alpha value is -1.50. The molecule has 3 rings (SSSR count). The molecule has 6 nitrogen and oxygen atoms in total. The van der Waals surface area contributed by atoms with Gasteiger partial charge < -0.3 is 20.7 Å². The van der Waals surface area contributed by atoms with E-state index < -0.39 is 11.6 Å². The predicted molar refractivity (Wildman–Crippen MR) is 101 cm³/mol. The summed E-state index contributed by atoms with van der Waals surface area (Å²) >= 11 is 0. The van der Waals surface area contributed by atoms with Crippen LogP contribution in [0, 0.1) is 0 Å². The summed E-state index contributed by atoms with van der Waals surface area (Å²) in [6, 6.07) is 8.10. The molecule has 1 N–H and O–H groups in total. The van der Waals surface area contributed by atoms with Gasteiger partial charge in [-0.1, -0.05) is 18.2 Å². The summed E-state index contributed by atoms with van der Waals surface area (Å²) < 4.78 is 7.62. The van der Waals surface area contributed by atoms with Crippen LogP contribution in [0.1, 0.15) is 39.9 Å². The summed E-state index contributed by atoms with van der Waals surface area (Å²) in [5, 5.41) is 10.2. The Labute approximate surface area is 183 Å². The molecule has 0 bridgehead atoms. The number of aromatic nitrogens is 1. The van der Waals surface area contributed by atoms with E-state index in [0.717, 1.165) is 23.0 Å². The normalized spacial score (nSPS) is 14.3. The number of carboxylic acids is 1. The van der Waals surface area contributed by atoms with E-state index >= 15 is 0 Å². The number of aliphatic carboxylic acids is 1. The number of hydrogen-bond acceptors (Lipinski definition) is 3. The van der Waals surface area contributed by atoms with E-state index in [9.17, 15) is 9.59 Å². The maximum atomic E-state index is 12.4. The molecule has 0 saturated carbocycles. The largest absolute Gasteiger partial charge is 1.00 e. The first-order valence-corrected chi connectivity index (χ1v) is 9.05. The zero-order valence-corrected chi connectivity index (χ0v) is 18.6. The van der Waals surface area contributed by atoms with Gasteiger partial charge in [-0.05, 0) is 38.8 Å². The first kappa shape index (κ1) is 21.8. The van der Waals surface area contributed by atoms with Gasteiger partial charge in [-0.15, -0.1) is 0 Å². The van der Waals surface area contributed by atoms with E-state index in [1.807, 2.05) is 39.0 Å². The third-order valence-electron chi connectivity index (χ3n) is 4.65. The fraction of sp³-hybridized carbons (Fsp3) is 0.500. The standard InChI is InChI=1S/C20H26N2O4.Na.H/c1-20(2,3)26-19(25)21-11-8-15-14-6-4-5-7-16(14)22(13-10-18(23)24)17(15)9-12-21;;/h4-7H,8-13H2,1-3H3,(H,23,24);;/q;+1;-1. The predicted octanol–water partition coefficient (Wildman–Crippen LogP) is 0.568. The van der Waals surface area contributed by atoms with Gasteiger partial charge >= 0.3 is 41.6 Å². The van der Waals surface area contributed by atoms with Gasteiger partial charge in [0, 0.05) is 42.7 Å². The number of benzene rings is 1. The maximum Gasteiger partial charge on any atom is 1.00 e. The number of carbonyl (C=O) groups is 2. The van der Waals surface area contributed by atoms with Crippen molar-refractivity contribution in [1.29, 1.82) is 0 Å². The van der Waals surface area contributed by atoms with E-state index in [-0.39, 0.29) is 43.5 Å². The molecule has 0 radical (unpaired) electrons. The average Bonchev–Trinajstić information content (AvgIpc) is 2.69. The van der Waals surface area contributed by atoms with E-state index in [2.05, 4.69) is 10.6 Å². The van der Waals surface area contributed by atoms with Gasteiger partial charge in [0.1, 0.15) is 5.60 Å². The van der Waals surface area contributed by atoms with Gasteiger partial charge in [0.2, 0.25) is 0 Å². The number of amides is 1. The summed E-state index contributed by atoms with van der Waals surface area (Å²) in [6.45, 7) is 7.22. The van der Waals surface area contributed by atoms with Crippen LogP contribution in [0.3, 0.4) is 0 Å². The van der Waals surface area contributed by atoms with Crippen LogP contribution in [0.2, 0.25) is 0 Å². The topological polar surface area (TPSA) is 71.8 Å².